The first-order valence-electron chi connectivity index (χ1n) is 8.99. The number of rotatable bonds is 8. The standard InChI is InChI=1S/C24H30N/c1-25(2,3)21-11-16-24-19-17-23(18-20-24)15-8-5-4-7-12-22-13-9-6-10-14-22/h4-10,12-15,17-20H,11,16,21H2,1-3H3/q+1. The van der Waals surface area contributed by atoms with E-state index in [-0.39, 0.29) is 0 Å². The van der Waals surface area contributed by atoms with Crippen molar-refractivity contribution in [3.05, 3.63) is 95.6 Å². The minimum atomic E-state index is 1.03. The summed E-state index contributed by atoms with van der Waals surface area (Å²) in [7, 11) is 6.74. The molecule has 0 radical (unpaired) electrons. The maximum absolute atomic E-state index is 2.25. The lowest BCUT2D eigenvalue weighted by atomic mass is 10.1. The molecule has 0 bridgehead atoms. The minimum Gasteiger partial charge on any atom is -0.331 e. The molecule has 0 aromatic heterocycles. The van der Waals surface area contributed by atoms with Crippen LogP contribution in [0.2, 0.25) is 0 Å². The fourth-order valence-corrected chi connectivity index (χ4v) is 2.58. The van der Waals surface area contributed by atoms with E-state index in [0.717, 1.165) is 10.9 Å². The van der Waals surface area contributed by atoms with Crippen LogP contribution < -0.4 is 0 Å². The molecule has 2 aromatic rings. The largest absolute Gasteiger partial charge is 0.331 e. The van der Waals surface area contributed by atoms with Crippen molar-refractivity contribution in [3.8, 4) is 0 Å². The van der Waals surface area contributed by atoms with E-state index in [1.807, 2.05) is 6.07 Å². The van der Waals surface area contributed by atoms with Crippen molar-refractivity contribution in [1.82, 2.24) is 0 Å². The van der Waals surface area contributed by atoms with E-state index in [0.29, 0.717) is 0 Å². The van der Waals surface area contributed by atoms with Crippen LogP contribution in [0.4, 0.5) is 0 Å². The SMILES string of the molecule is C[N+](C)(C)CCCc1ccc(C=CC=CC=Cc2ccccc2)cc1. The van der Waals surface area contributed by atoms with Crippen LogP contribution in [0, 0.1) is 0 Å². The Morgan fingerprint density at radius 1 is 0.680 bits per heavy atom. The summed E-state index contributed by atoms with van der Waals surface area (Å²) in [6.07, 6.45) is 14.9. The Morgan fingerprint density at radius 3 is 1.80 bits per heavy atom. The summed E-state index contributed by atoms with van der Waals surface area (Å²) in [5, 5.41) is 0. The number of nitrogens with zero attached hydrogens (tertiary/aromatic N) is 1. The van der Waals surface area contributed by atoms with Gasteiger partial charge in [-0.25, -0.2) is 0 Å². The molecule has 0 saturated heterocycles. The number of hydrogen-bond acceptors (Lipinski definition) is 0. The molecule has 0 unspecified atom stereocenters. The van der Waals surface area contributed by atoms with Crippen LogP contribution in [-0.4, -0.2) is 32.2 Å². The Labute approximate surface area is 153 Å². The highest BCUT2D eigenvalue weighted by molar-refractivity contribution is 5.53. The molecule has 1 nitrogen and oxygen atoms in total. The van der Waals surface area contributed by atoms with E-state index >= 15 is 0 Å². The van der Waals surface area contributed by atoms with Gasteiger partial charge in [0.05, 0.1) is 27.7 Å². The third-order valence-corrected chi connectivity index (χ3v) is 3.98. The predicted octanol–water partition coefficient (Wildman–Crippen LogP) is 5.61. The van der Waals surface area contributed by atoms with E-state index in [9.17, 15) is 0 Å². The monoisotopic (exact) mass is 332 g/mol. The molecule has 0 aliphatic heterocycles. The van der Waals surface area contributed by atoms with Crippen LogP contribution in [0.3, 0.4) is 0 Å². The summed E-state index contributed by atoms with van der Waals surface area (Å²) in [6, 6.07) is 19.2. The Hall–Kier alpha value is -2.38. The van der Waals surface area contributed by atoms with Crippen LogP contribution in [-0.2, 0) is 6.42 Å². The molecule has 1 heteroatoms. The Balaban J connectivity index is 1.77. The van der Waals surface area contributed by atoms with Gasteiger partial charge in [-0.15, -0.1) is 0 Å². The first-order valence-corrected chi connectivity index (χ1v) is 8.99. The molecule has 0 amide bonds. The van der Waals surface area contributed by atoms with Gasteiger partial charge in [-0.2, -0.15) is 0 Å². The number of quaternary nitrogens is 1. The minimum absolute atomic E-state index is 1.03. The third-order valence-electron chi connectivity index (χ3n) is 3.98. The van der Waals surface area contributed by atoms with Crippen molar-refractivity contribution in [2.75, 3.05) is 27.7 Å². The zero-order chi connectivity index (χ0) is 18.0. The van der Waals surface area contributed by atoms with Crippen LogP contribution in [0.25, 0.3) is 12.2 Å². The number of hydrogen-bond donors (Lipinski definition) is 0. The molecule has 0 fully saturated rings. The van der Waals surface area contributed by atoms with Gasteiger partial charge in [0.15, 0.2) is 0 Å². The van der Waals surface area contributed by atoms with Gasteiger partial charge in [0, 0.05) is 6.42 Å². The van der Waals surface area contributed by atoms with E-state index < -0.39 is 0 Å². The summed E-state index contributed by atoms with van der Waals surface area (Å²) < 4.78 is 1.03. The lowest BCUT2D eigenvalue weighted by molar-refractivity contribution is -0.870. The topological polar surface area (TPSA) is 0 Å². The normalized spacial score (nSPS) is 12.6. The zero-order valence-corrected chi connectivity index (χ0v) is 15.7. The van der Waals surface area contributed by atoms with E-state index in [2.05, 4.69) is 106 Å². The van der Waals surface area contributed by atoms with Crippen molar-refractivity contribution in [3.63, 3.8) is 0 Å². The molecule has 0 heterocycles. The molecule has 0 aliphatic rings. The van der Waals surface area contributed by atoms with Crippen molar-refractivity contribution in [1.29, 1.82) is 0 Å². The molecule has 130 valence electrons. The number of allylic oxidation sites excluding steroid dienone is 4. The van der Waals surface area contributed by atoms with Gasteiger partial charge < -0.3 is 4.48 Å². The molecule has 2 aromatic carbocycles. The quantitative estimate of drug-likeness (QED) is 0.435. The maximum atomic E-state index is 2.25. The summed E-state index contributed by atoms with van der Waals surface area (Å²) in [5.41, 5.74) is 3.89. The molecule has 25 heavy (non-hydrogen) atoms. The summed E-state index contributed by atoms with van der Waals surface area (Å²) in [6.45, 7) is 1.21. The highest BCUT2D eigenvalue weighted by atomic mass is 15.3. The summed E-state index contributed by atoms with van der Waals surface area (Å²) >= 11 is 0. The van der Waals surface area contributed by atoms with Gasteiger partial charge in [-0.3, -0.25) is 0 Å². The second kappa shape index (κ2) is 9.80. The lowest BCUT2D eigenvalue weighted by Crippen LogP contribution is -2.35. The van der Waals surface area contributed by atoms with Crippen molar-refractivity contribution in [2.45, 2.75) is 12.8 Å². The van der Waals surface area contributed by atoms with Crippen LogP contribution in [0.15, 0.2) is 78.9 Å². The van der Waals surface area contributed by atoms with Crippen LogP contribution >= 0.6 is 0 Å². The summed E-state index contributed by atoms with van der Waals surface area (Å²) in [4.78, 5) is 0. The second-order valence-corrected chi connectivity index (χ2v) is 7.37. The average Bonchev–Trinajstić information content (AvgIpc) is 2.59. The molecule has 2 rings (SSSR count). The zero-order valence-electron chi connectivity index (χ0n) is 15.7. The molecular formula is C24H30N+. The fourth-order valence-electron chi connectivity index (χ4n) is 2.58. The Bertz CT molecular complexity index is 698. The van der Waals surface area contributed by atoms with Gasteiger partial charge in [0.1, 0.15) is 0 Å². The summed E-state index contributed by atoms with van der Waals surface area (Å²) in [5.74, 6) is 0. The van der Waals surface area contributed by atoms with Crippen molar-refractivity contribution < 1.29 is 4.48 Å². The van der Waals surface area contributed by atoms with Crippen molar-refractivity contribution >= 4 is 12.2 Å². The Kier molecular flexibility index (Phi) is 7.43. The third kappa shape index (κ3) is 8.32. The number of benzene rings is 2. The van der Waals surface area contributed by atoms with E-state index in [1.165, 1.54) is 29.7 Å². The van der Waals surface area contributed by atoms with Crippen LogP contribution in [0.5, 0.6) is 0 Å². The van der Waals surface area contributed by atoms with Gasteiger partial charge in [-0.05, 0) is 23.1 Å². The smallest absolute Gasteiger partial charge is 0.0783 e. The average molecular weight is 333 g/mol. The first-order chi connectivity index (χ1) is 12.0. The van der Waals surface area contributed by atoms with Gasteiger partial charge in [0.2, 0.25) is 0 Å². The fraction of sp³-hybridized carbons (Fsp3) is 0.250. The highest BCUT2D eigenvalue weighted by Gasteiger charge is 2.05. The molecule has 0 spiro atoms. The lowest BCUT2D eigenvalue weighted by Gasteiger charge is -2.23. The van der Waals surface area contributed by atoms with Gasteiger partial charge >= 0.3 is 0 Å². The Morgan fingerprint density at radius 2 is 1.24 bits per heavy atom. The molecule has 0 saturated carbocycles. The molecule has 0 aliphatic carbocycles. The van der Waals surface area contributed by atoms with Crippen molar-refractivity contribution in [2.24, 2.45) is 0 Å². The predicted molar refractivity (Wildman–Crippen MR) is 111 cm³/mol. The maximum Gasteiger partial charge on any atom is 0.0783 e. The molecule has 0 atom stereocenters. The van der Waals surface area contributed by atoms with E-state index in [4.69, 9.17) is 0 Å². The van der Waals surface area contributed by atoms with Gasteiger partial charge in [-0.1, -0.05) is 91.1 Å². The van der Waals surface area contributed by atoms with Gasteiger partial charge in [0.25, 0.3) is 0 Å². The first kappa shape index (κ1) is 19.0. The highest BCUT2D eigenvalue weighted by Crippen LogP contribution is 2.09. The molecule has 0 N–H and O–H groups in total. The van der Waals surface area contributed by atoms with Crippen LogP contribution in [0.1, 0.15) is 23.1 Å². The number of aryl methyl sites for hydroxylation is 1. The second-order valence-electron chi connectivity index (χ2n) is 7.37. The van der Waals surface area contributed by atoms with E-state index in [1.54, 1.807) is 0 Å². The molecular weight excluding hydrogens is 302 g/mol.